The average molecular weight is 287 g/mol. The van der Waals surface area contributed by atoms with Crippen molar-refractivity contribution in [1.82, 2.24) is 5.32 Å². The highest BCUT2D eigenvalue weighted by Crippen LogP contribution is 2.15. The van der Waals surface area contributed by atoms with E-state index >= 15 is 0 Å². The minimum absolute atomic E-state index is 0.109. The predicted octanol–water partition coefficient (Wildman–Crippen LogP) is 3.53. The molecule has 0 spiro atoms. The van der Waals surface area contributed by atoms with Crippen LogP contribution in [0.2, 0.25) is 0 Å². The van der Waals surface area contributed by atoms with Gasteiger partial charge in [-0.05, 0) is 30.0 Å². The van der Waals surface area contributed by atoms with Crippen molar-refractivity contribution in [3.05, 3.63) is 53.6 Å². The second kappa shape index (κ2) is 9.14. The van der Waals surface area contributed by atoms with Gasteiger partial charge in [-0.25, -0.2) is 0 Å². The summed E-state index contributed by atoms with van der Waals surface area (Å²) >= 11 is 0. The van der Waals surface area contributed by atoms with E-state index in [1.54, 1.807) is 6.08 Å². The molecule has 0 radical (unpaired) electrons. The lowest BCUT2D eigenvalue weighted by Crippen LogP contribution is -2.25. The zero-order valence-electron chi connectivity index (χ0n) is 13.2. The molecule has 0 aliphatic heterocycles. The van der Waals surface area contributed by atoms with E-state index in [2.05, 4.69) is 37.9 Å². The van der Waals surface area contributed by atoms with Crippen molar-refractivity contribution in [2.75, 3.05) is 19.8 Å². The Morgan fingerprint density at radius 1 is 1.33 bits per heavy atom. The third-order valence-electron chi connectivity index (χ3n) is 2.92. The molecule has 0 aliphatic rings. The maximum absolute atomic E-state index is 11.6. The number of carbonyl (C=O) groups is 1. The fourth-order valence-corrected chi connectivity index (χ4v) is 1.72. The number of hydrogen-bond donors (Lipinski definition) is 1. The summed E-state index contributed by atoms with van der Waals surface area (Å²) in [4.78, 5) is 11.6. The van der Waals surface area contributed by atoms with Crippen molar-refractivity contribution in [3.8, 4) is 0 Å². The fourth-order valence-electron chi connectivity index (χ4n) is 1.72. The van der Waals surface area contributed by atoms with Gasteiger partial charge in [0.05, 0.1) is 13.2 Å². The quantitative estimate of drug-likeness (QED) is 0.451. The average Bonchev–Trinajstić information content (AvgIpc) is 2.44. The van der Waals surface area contributed by atoms with Crippen LogP contribution in [-0.4, -0.2) is 25.7 Å². The van der Waals surface area contributed by atoms with Crippen molar-refractivity contribution in [2.24, 2.45) is 0 Å². The molecule has 1 N–H and O–H groups in total. The van der Waals surface area contributed by atoms with Gasteiger partial charge in [0.1, 0.15) is 0 Å². The Morgan fingerprint density at radius 2 is 2.00 bits per heavy atom. The standard InChI is InChI=1S/C18H25NO2/c1-14(2)13-21-12-11-19-18(20)10-7-16-5-8-17(9-6-16)15(3)4/h5-10,15H,1,11-13H2,2-4H3,(H,19,20)/b10-7+. The highest BCUT2D eigenvalue weighted by atomic mass is 16.5. The van der Waals surface area contributed by atoms with E-state index in [9.17, 15) is 4.79 Å². The summed E-state index contributed by atoms with van der Waals surface area (Å²) in [6.45, 7) is 11.5. The minimum Gasteiger partial charge on any atom is -0.375 e. The summed E-state index contributed by atoms with van der Waals surface area (Å²) in [5.74, 6) is 0.410. The summed E-state index contributed by atoms with van der Waals surface area (Å²) in [6, 6.07) is 8.23. The Labute approximate surface area is 127 Å². The van der Waals surface area contributed by atoms with Crippen molar-refractivity contribution in [2.45, 2.75) is 26.7 Å². The van der Waals surface area contributed by atoms with Crippen LogP contribution in [-0.2, 0) is 9.53 Å². The van der Waals surface area contributed by atoms with Crippen LogP contribution in [0.5, 0.6) is 0 Å². The Hall–Kier alpha value is -1.87. The molecule has 1 amide bonds. The number of ether oxygens (including phenoxy) is 1. The minimum atomic E-state index is -0.109. The molecule has 3 nitrogen and oxygen atoms in total. The van der Waals surface area contributed by atoms with Gasteiger partial charge in [0.15, 0.2) is 0 Å². The van der Waals surface area contributed by atoms with Crippen LogP contribution < -0.4 is 5.32 Å². The third kappa shape index (κ3) is 7.47. The molecular weight excluding hydrogens is 262 g/mol. The zero-order chi connectivity index (χ0) is 15.7. The predicted molar refractivity (Wildman–Crippen MR) is 88.2 cm³/mol. The lowest BCUT2D eigenvalue weighted by Gasteiger charge is -2.05. The van der Waals surface area contributed by atoms with Gasteiger partial charge in [-0.1, -0.05) is 50.3 Å². The second-order valence-corrected chi connectivity index (χ2v) is 5.46. The summed E-state index contributed by atoms with van der Waals surface area (Å²) in [5, 5.41) is 2.78. The second-order valence-electron chi connectivity index (χ2n) is 5.46. The molecule has 0 fully saturated rings. The molecule has 0 unspecified atom stereocenters. The van der Waals surface area contributed by atoms with E-state index in [0.29, 0.717) is 25.7 Å². The lowest BCUT2D eigenvalue weighted by atomic mass is 10.0. The summed E-state index contributed by atoms with van der Waals surface area (Å²) in [6.07, 6.45) is 3.36. The van der Waals surface area contributed by atoms with Crippen LogP contribution in [0.15, 0.2) is 42.5 Å². The van der Waals surface area contributed by atoms with Crippen molar-refractivity contribution < 1.29 is 9.53 Å². The first-order chi connectivity index (χ1) is 9.99. The Morgan fingerprint density at radius 3 is 2.57 bits per heavy atom. The van der Waals surface area contributed by atoms with Gasteiger partial charge in [-0.3, -0.25) is 4.79 Å². The Bertz CT molecular complexity index is 486. The molecule has 1 rings (SSSR count). The highest BCUT2D eigenvalue weighted by Gasteiger charge is 1.98. The Balaban J connectivity index is 2.31. The largest absolute Gasteiger partial charge is 0.375 e. The molecule has 0 aromatic heterocycles. The molecule has 1 aromatic carbocycles. The van der Waals surface area contributed by atoms with E-state index in [1.165, 1.54) is 5.56 Å². The lowest BCUT2D eigenvalue weighted by molar-refractivity contribution is -0.116. The van der Waals surface area contributed by atoms with Crippen LogP contribution in [0, 0.1) is 0 Å². The number of rotatable bonds is 8. The van der Waals surface area contributed by atoms with E-state index in [1.807, 2.05) is 25.1 Å². The van der Waals surface area contributed by atoms with E-state index in [-0.39, 0.29) is 5.91 Å². The molecule has 0 saturated carbocycles. The van der Waals surface area contributed by atoms with Crippen molar-refractivity contribution in [3.63, 3.8) is 0 Å². The van der Waals surface area contributed by atoms with Gasteiger partial charge in [-0.15, -0.1) is 0 Å². The van der Waals surface area contributed by atoms with Crippen molar-refractivity contribution >= 4 is 12.0 Å². The topological polar surface area (TPSA) is 38.3 Å². The first-order valence-corrected chi connectivity index (χ1v) is 7.27. The van der Waals surface area contributed by atoms with Crippen molar-refractivity contribution in [1.29, 1.82) is 0 Å². The summed E-state index contributed by atoms with van der Waals surface area (Å²) in [5.41, 5.74) is 3.30. The molecule has 0 bridgehead atoms. The molecule has 0 saturated heterocycles. The van der Waals surface area contributed by atoms with Crippen LogP contribution in [0.25, 0.3) is 6.08 Å². The first-order valence-electron chi connectivity index (χ1n) is 7.27. The number of hydrogen-bond acceptors (Lipinski definition) is 2. The molecule has 114 valence electrons. The smallest absolute Gasteiger partial charge is 0.244 e. The molecule has 0 atom stereocenters. The fraction of sp³-hybridized carbons (Fsp3) is 0.389. The number of nitrogens with one attached hydrogen (secondary N) is 1. The first kappa shape index (κ1) is 17.2. The summed E-state index contributed by atoms with van der Waals surface area (Å²) < 4.78 is 5.31. The zero-order valence-corrected chi connectivity index (χ0v) is 13.2. The molecule has 1 aromatic rings. The molecule has 0 heterocycles. The van der Waals surface area contributed by atoms with Gasteiger partial charge in [-0.2, -0.15) is 0 Å². The SMILES string of the molecule is C=C(C)COCCNC(=O)/C=C/c1ccc(C(C)C)cc1. The monoisotopic (exact) mass is 287 g/mol. The molecule has 21 heavy (non-hydrogen) atoms. The van der Waals surface area contributed by atoms with Gasteiger partial charge >= 0.3 is 0 Å². The number of carbonyl (C=O) groups excluding carboxylic acids is 1. The van der Waals surface area contributed by atoms with E-state index in [4.69, 9.17) is 4.74 Å². The Kier molecular flexibility index (Phi) is 7.48. The highest BCUT2D eigenvalue weighted by molar-refractivity contribution is 5.91. The van der Waals surface area contributed by atoms with Crippen LogP contribution >= 0.6 is 0 Å². The number of amides is 1. The normalized spacial score (nSPS) is 11.0. The third-order valence-corrected chi connectivity index (χ3v) is 2.92. The van der Waals surface area contributed by atoms with Crippen LogP contribution in [0.4, 0.5) is 0 Å². The van der Waals surface area contributed by atoms with E-state index < -0.39 is 0 Å². The van der Waals surface area contributed by atoms with Gasteiger partial charge in [0, 0.05) is 12.6 Å². The molecular formula is C18H25NO2. The maximum atomic E-state index is 11.6. The van der Waals surface area contributed by atoms with Crippen LogP contribution in [0.1, 0.15) is 37.8 Å². The number of benzene rings is 1. The van der Waals surface area contributed by atoms with Gasteiger partial charge in [0.25, 0.3) is 0 Å². The van der Waals surface area contributed by atoms with Gasteiger partial charge < -0.3 is 10.1 Å². The molecule has 3 heteroatoms. The maximum Gasteiger partial charge on any atom is 0.244 e. The molecule has 0 aliphatic carbocycles. The van der Waals surface area contributed by atoms with Gasteiger partial charge in [0.2, 0.25) is 5.91 Å². The van der Waals surface area contributed by atoms with E-state index in [0.717, 1.165) is 11.1 Å². The summed E-state index contributed by atoms with van der Waals surface area (Å²) in [7, 11) is 0. The van der Waals surface area contributed by atoms with Crippen LogP contribution in [0.3, 0.4) is 0 Å².